The fourth-order valence-electron chi connectivity index (χ4n) is 1.68. The Hall–Kier alpha value is -1.35. The molecule has 90 valence electrons. The van der Waals surface area contributed by atoms with Crippen LogP contribution in [0.2, 0.25) is 0 Å². The van der Waals surface area contributed by atoms with E-state index in [4.69, 9.17) is 4.42 Å². The predicted molar refractivity (Wildman–Crippen MR) is 74.4 cm³/mol. The third kappa shape index (κ3) is 3.56. The molecule has 2 aromatic rings. The highest BCUT2D eigenvalue weighted by atomic mass is 32.2. The van der Waals surface area contributed by atoms with Crippen LogP contribution in [0, 0.1) is 6.92 Å². The zero-order valence-electron chi connectivity index (χ0n) is 10.2. The molecule has 0 fully saturated rings. The van der Waals surface area contributed by atoms with Crippen LogP contribution in [-0.2, 0) is 12.3 Å². The van der Waals surface area contributed by atoms with Crippen LogP contribution in [0.15, 0.2) is 40.8 Å². The summed E-state index contributed by atoms with van der Waals surface area (Å²) < 4.78 is 5.69. The van der Waals surface area contributed by atoms with Crippen molar-refractivity contribution in [2.24, 2.45) is 0 Å². The number of benzene rings is 1. The SMILES string of the molecule is CSCc1ccc(CNc2cccc(C)c2)o1. The number of thioether (sulfide) groups is 1. The molecule has 2 rings (SSSR count). The van der Waals surface area contributed by atoms with E-state index in [9.17, 15) is 0 Å². The van der Waals surface area contributed by atoms with Crippen molar-refractivity contribution in [2.45, 2.75) is 19.2 Å². The Bertz CT molecular complexity index is 479. The summed E-state index contributed by atoms with van der Waals surface area (Å²) in [6, 6.07) is 12.4. The monoisotopic (exact) mass is 247 g/mol. The Morgan fingerprint density at radius 2 is 2.00 bits per heavy atom. The molecule has 1 aromatic heterocycles. The van der Waals surface area contributed by atoms with Gasteiger partial charge >= 0.3 is 0 Å². The molecular weight excluding hydrogens is 230 g/mol. The molecule has 0 amide bonds. The average molecular weight is 247 g/mol. The first-order valence-electron chi connectivity index (χ1n) is 5.65. The molecule has 0 saturated heterocycles. The van der Waals surface area contributed by atoms with Crippen molar-refractivity contribution in [2.75, 3.05) is 11.6 Å². The molecule has 0 radical (unpaired) electrons. The highest BCUT2D eigenvalue weighted by Gasteiger charge is 2.01. The summed E-state index contributed by atoms with van der Waals surface area (Å²) in [6.07, 6.45) is 2.08. The van der Waals surface area contributed by atoms with Crippen LogP contribution in [-0.4, -0.2) is 6.26 Å². The van der Waals surface area contributed by atoms with Crippen LogP contribution in [0.25, 0.3) is 0 Å². The lowest BCUT2D eigenvalue weighted by molar-refractivity contribution is 0.487. The van der Waals surface area contributed by atoms with Crippen molar-refractivity contribution in [1.29, 1.82) is 0 Å². The molecule has 0 aliphatic carbocycles. The van der Waals surface area contributed by atoms with E-state index in [1.54, 1.807) is 11.8 Å². The van der Waals surface area contributed by atoms with Crippen molar-refractivity contribution in [1.82, 2.24) is 0 Å². The summed E-state index contributed by atoms with van der Waals surface area (Å²) in [5.74, 6) is 2.96. The van der Waals surface area contributed by atoms with Crippen molar-refractivity contribution < 1.29 is 4.42 Å². The number of hydrogen-bond acceptors (Lipinski definition) is 3. The summed E-state index contributed by atoms with van der Waals surface area (Å²) >= 11 is 1.77. The van der Waals surface area contributed by atoms with Gasteiger partial charge in [-0.1, -0.05) is 12.1 Å². The van der Waals surface area contributed by atoms with E-state index in [0.717, 1.165) is 29.5 Å². The lowest BCUT2D eigenvalue weighted by Gasteiger charge is -2.04. The molecule has 0 atom stereocenters. The minimum atomic E-state index is 0.734. The van der Waals surface area contributed by atoms with Crippen molar-refractivity contribution >= 4 is 17.4 Å². The Kier molecular flexibility index (Phi) is 4.15. The number of nitrogens with one attached hydrogen (secondary N) is 1. The second-order valence-corrected chi connectivity index (χ2v) is 4.89. The van der Waals surface area contributed by atoms with Crippen molar-refractivity contribution in [3.05, 3.63) is 53.5 Å². The Morgan fingerprint density at radius 3 is 2.76 bits per heavy atom. The fourth-order valence-corrected chi connectivity index (χ4v) is 2.12. The third-order valence-corrected chi connectivity index (χ3v) is 3.06. The molecule has 0 aliphatic heterocycles. The van der Waals surface area contributed by atoms with Gasteiger partial charge in [-0.2, -0.15) is 11.8 Å². The number of hydrogen-bond donors (Lipinski definition) is 1. The van der Waals surface area contributed by atoms with E-state index in [1.807, 2.05) is 12.1 Å². The van der Waals surface area contributed by atoms with Gasteiger partial charge in [0.1, 0.15) is 11.5 Å². The number of furan rings is 1. The van der Waals surface area contributed by atoms with Crippen LogP contribution in [0.1, 0.15) is 17.1 Å². The van der Waals surface area contributed by atoms with E-state index >= 15 is 0 Å². The summed E-state index contributed by atoms with van der Waals surface area (Å²) in [5, 5.41) is 3.36. The van der Waals surface area contributed by atoms with E-state index in [0.29, 0.717) is 0 Å². The van der Waals surface area contributed by atoms with Crippen LogP contribution in [0.4, 0.5) is 5.69 Å². The van der Waals surface area contributed by atoms with Gasteiger partial charge in [-0.3, -0.25) is 0 Å². The van der Waals surface area contributed by atoms with E-state index in [1.165, 1.54) is 5.56 Å². The molecule has 17 heavy (non-hydrogen) atoms. The van der Waals surface area contributed by atoms with Gasteiger partial charge in [0.15, 0.2) is 0 Å². The van der Waals surface area contributed by atoms with E-state index in [-0.39, 0.29) is 0 Å². The second-order valence-electron chi connectivity index (χ2n) is 4.02. The van der Waals surface area contributed by atoms with Gasteiger partial charge in [0.25, 0.3) is 0 Å². The third-order valence-electron chi connectivity index (χ3n) is 2.49. The Morgan fingerprint density at radius 1 is 1.18 bits per heavy atom. The molecule has 0 saturated carbocycles. The predicted octanol–water partition coefficient (Wildman–Crippen LogP) is 4.06. The molecule has 0 bridgehead atoms. The maximum atomic E-state index is 5.69. The first kappa shape index (κ1) is 12.1. The van der Waals surface area contributed by atoms with E-state index in [2.05, 4.69) is 42.8 Å². The second kappa shape index (κ2) is 5.82. The molecule has 1 N–H and O–H groups in total. The Labute approximate surface area is 106 Å². The van der Waals surface area contributed by atoms with Crippen LogP contribution in [0.3, 0.4) is 0 Å². The molecule has 3 heteroatoms. The largest absolute Gasteiger partial charge is 0.463 e. The van der Waals surface area contributed by atoms with Gasteiger partial charge in [-0.15, -0.1) is 0 Å². The minimum absolute atomic E-state index is 0.734. The molecule has 0 spiro atoms. The molecule has 0 aliphatic rings. The summed E-state index contributed by atoms with van der Waals surface area (Å²) in [4.78, 5) is 0. The lowest BCUT2D eigenvalue weighted by Crippen LogP contribution is -1.97. The first-order chi connectivity index (χ1) is 8.28. The average Bonchev–Trinajstić information content (AvgIpc) is 2.75. The molecule has 1 aromatic carbocycles. The number of aryl methyl sites for hydroxylation is 1. The van der Waals surface area contributed by atoms with Gasteiger partial charge < -0.3 is 9.73 Å². The molecule has 0 unspecified atom stereocenters. The first-order valence-corrected chi connectivity index (χ1v) is 7.04. The van der Waals surface area contributed by atoms with Gasteiger partial charge in [-0.05, 0) is 43.0 Å². The Balaban J connectivity index is 1.93. The summed E-state index contributed by atoms with van der Waals surface area (Å²) in [5.41, 5.74) is 2.39. The standard InChI is InChI=1S/C14H17NOS/c1-11-4-3-5-12(8-11)15-9-13-6-7-14(16-13)10-17-2/h3-8,15H,9-10H2,1-2H3. The molecule has 1 heterocycles. The highest BCUT2D eigenvalue weighted by molar-refractivity contribution is 7.97. The maximum Gasteiger partial charge on any atom is 0.123 e. The summed E-state index contributed by atoms with van der Waals surface area (Å²) in [7, 11) is 0. The minimum Gasteiger partial charge on any atom is -0.463 e. The van der Waals surface area contributed by atoms with Crippen LogP contribution >= 0.6 is 11.8 Å². The van der Waals surface area contributed by atoms with Gasteiger partial charge in [0.05, 0.1) is 12.3 Å². The highest BCUT2D eigenvalue weighted by Crippen LogP contribution is 2.15. The normalized spacial score (nSPS) is 10.5. The number of rotatable bonds is 5. The van der Waals surface area contributed by atoms with Gasteiger partial charge in [0, 0.05) is 5.69 Å². The lowest BCUT2D eigenvalue weighted by atomic mass is 10.2. The quantitative estimate of drug-likeness (QED) is 0.862. The van der Waals surface area contributed by atoms with Gasteiger partial charge in [0.2, 0.25) is 0 Å². The zero-order valence-corrected chi connectivity index (χ0v) is 11.0. The smallest absolute Gasteiger partial charge is 0.123 e. The number of anilines is 1. The van der Waals surface area contributed by atoms with Crippen molar-refractivity contribution in [3.63, 3.8) is 0 Å². The topological polar surface area (TPSA) is 25.2 Å². The molecule has 2 nitrogen and oxygen atoms in total. The molecular formula is C14H17NOS. The van der Waals surface area contributed by atoms with Gasteiger partial charge in [-0.25, -0.2) is 0 Å². The van der Waals surface area contributed by atoms with Crippen LogP contribution < -0.4 is 5.32 Å². The maximum absolute atomic E-state index is 5.69. The zero-order chi connectivity index (χ0) is 12.1. The van der Waals surface area contributed by atoms with E-state index < -0.39 is 0 Å². The van der Waals surface area contributed by atoms with Crippen LogP contribution in [0.5, 0.6) is 0 Å². The fraction of sp³-hybridized carbons (Fsp3) is 0.286. The van der Waals surface area contributed by atoms with Crippen molar-refractivity contribution in [3.8, 4) is 0 Å². The summed E-state index contributed by atoms with van der Waals surface area (Å²) in [6.45, 7) is 2.83.